The van der Waals surface area contributed by atoms with Gasteiger partial charge in [-0.2, -0.15) is 4.98 Å². The van der Waals surface area contributed by atoms with E-state index >= 15 is 0 Å². The lowest BCUT2D eigenvalue weighted by molar-refractivity contribution is -0.0545. The van der Waals surface area contributed by atoms with Crippen molar-refractivity contribution in [3.63, 3.8) is 0 Å². The van der Waals surface area contributed by atoms with E-state index in [1.165, 1.54) is 6.08 Å². The molecule has 4 rings (SSSR count). The monoisotopic (exact) mass is 508 g/mol. The minimum absolute atomic E-state index is 0.0521. The summed E-state index contributed by atoms with van der Waals surface area (Å²) in [5, 5.41) is 3.35. The molecular formula is C28H27ClF2N4O. The normalized spacial score (nSPS) is 16.9. The molecule has 3 aromatic rings. The Morgan fingerprint density at radius 3 is 2.64 bits per heavy atom. The smallest absolute Gasteiger partial charge is 0.257 e. The van der Waals surface area contributed by atoms with Gasteiger partial charge in [0.2, 0.25) is 5.95 Å². The van der Waals surface area contributed by atoms with Crippen LogP contribution in [0.25, 0.3) is 11.1 Å². The van der Waals surface area contributed by atoms with Crippen LogP contribution in [0, 0.1) is 12.8 Å². The highest BCUT2D eigenvalue weighted by molar-refractivity contribution is 6.31. The summed E-state index contributed by atoms with van der Waals surface area (Å²) in [5.74, 6) is -3.59. The van der Waals surface area contributed by atoms with Crippen LogP contribution in [-0.4, -0.2) is 34.9 Å². The zero-order valence-corrected chi connectivity index (χ0v) is 20.7. The summed E-state index contributed by atoms with van der Waals surface area (Å²) in [6, 6.07) is 14.6. The fourth-order valence-electron chi connectivity index (χ4n) is 4.24. The Balaban J connectivity index is 1.60. The van der Waals surface area contributed by atoms with E-state index in [1.807, 2.05) is 30.3 Å². The van der Waals surface area contributed by atoms with Crippen molar-refractivity contribution in [3.05, 3.63) is 95.7 Å². The molecule has 1 N–H and O–H groups in total. The summed E-state index contributed by atoms with van der Waals surface area (Å²) in [6.45, 7) is 9.24. The lowest BCUT2D eigenvalue weighted by Crippen LogP contribution is -2.47. The molecule has 1 aliphatic rings. The number of aryl methyl sites for hydroxylation is 1. The molecule has 8 heteroatoms. The van der Waals surface area contributed by atoms with Crippen molar-refractivity contribution in [2.45, 2.75) is 25.7 Å². The standard InChI is InChI=1S/C28H27ClF2N4O/c1-4-6-19-7-9-20(10-8-19)24-16-22(29)11-12-23(24)26(36)33-25-15-18(3)32-27(34-25)35-14-13-28(30,31)21(5-2)17-35/h4-5,7-12,15-16,21H,1-2,6,13-14,17H2,3H3,(H,32,33,34,36). The maximum Gasteiger partial charge on any atom is 0.257 e. The van der Waals surface area contributed by atoms with Gasteiger partial charge in [-0.25, -0.2) is 13.8 Å². The number of alkyl halides is 2. The van der Waals surface area contributed by atoms with Gasteiger partial charge in [-0.3, -0.25) is 4.79 Å². The molecule has 2 heterocycles. The molecule has 36 heavy (non-hydrogen) atoms. The van der Waals surface area contributed by atoms with Gasteiger partial charge in [0.15, 0.2) is 0 Å². The average molecular weight is 509 g/mol. The number of hydrogen-bond acceptors (Lipinski definition) is 4. The summed E-state index contributed by atoms with van der Waals surface area (Å²) in [7, 11) is 0. The number of piperidine rings is 1. The number of nitrogens with one attached hydrogen (secondary N) is 1. The van der Waals surface area contributed by atoms with Crippen LogP contribution in [0.5, 0.6) is 0 Å². The maximum absolute atomic E-state index is 14.1. The van der Waals surface area contributed by atoms with Crippen molar-refractivity contribution < 1.29 is 13.6 Å². The first kappa shape index (κ1) is 25.5. The molecule has 1 amide bonds. The number of carbonyl (C=O) groups excluding carboxylic acids is 1. The Morgan fingerprint density at radius 2 is 1.94 bits per heavy atom. The van der Waals surface area contributed by atoms with Gasteiger partial charge < -0.3 is 10.2 Å². The topological polar surface area (TPSA) is 58.1 Å². The van der Waals surface area contributed by atoms with E-state index in [0.717, 1.165) is 17.5 Å². The van der Waals surface area contributed by atoms with Gasteiger partial charge in [0.1, 0.15) is 5.82 Å². The molecule has 0 saturated carbocycles. The molecule has 0 aliphatic carbocycles. The number of benzene rings is 2. The largest absolute Gasteiger partial charge is 0.340 e. The molecule has 1 atom stereocenters. The maximum atomic E-state index is 14.1. The van der Waals surface area contributed by atoms with Crippen LogP contribution in [0.2, 0.25) is 5.02 Å². The number of allylic oxidation sites excluding steroid dienone is 1. The second-order valence-corrected chi connectivity index (χ2v) is 9.26. The SMILES string of the molecule is C=CCc1ccc(-c2cc(Cl)ccc2C(=O)Nc2cc(C)nc(N3CCC(F)(F)C(C=C)C3)n2)cc1. The van der Waals surface area contributed by atoms with Crippen molar-refractivity contribution in [2.24, 2.45) is 5.92 Å². The number of halogens is 3. The summed E-state index contributed by atoms with van der Waals surface area (Å²) >= 11 is 6.25. The Bertz CT molecular complexity index is 1290. The molecule has 5 nitrogen and oxygen atoms in total. The Labute approximate surface area is 214 Å². The number of amides is 1. The first-order valence-electron chi connectivity index (χ1n) is 11.6. The first-order chi connectivity index (χ1) is 17.2. The van der Waals surface area contributed by atoms with Gasteiger partial charge >= 0.3 is 0 Å². The lowest BCUT2D eigenvalue weighted by Gasteiger charge is -2.37. The molecule has 2 aromatic carbocycles. The predicted octanol–water partition coefficient (Wildman–Crippen LogP) is 6.73. The summed E-state index contributed by atoms with van der Waals surface area (Å²) in [6.07, 6.45) is 3.54. The van der Waals surface area contributed by atoms with Crippen LogP contribution in [-0.2, 0) is 6.42 Å². The van der Waals surface area contributed by atoms with Crippen molar-refractivity contribution in [1.29, 1.82) is 0 Å². The van der Waals surface area contributed by atoms with Gasteiger partial charge in [-0.1, -0.05) is 48.0 Å². The Kier molecular flexibility index (Phi) is 7.50. The third-order valence-corrected chi connectivity index (χ3v) is 6.43. The molecule has 0 radical (unpaired) electrons. The van der Waals surface area contributed by atoms with Crippen molar-refractivity contribution in [1.82, 2.24) is 9.97 Å². The highest BCUT2D eigenvalue weighted by atomic mass is 35.5. The molecule has 1 fully saturated rings. The fourth-order valence-corrected chi connectivity index (χ4v) is 4.41. The number of nitrogens with zero attached hydrogens (tertiary/aromatic N) is 3. The highest BCUT2D eigenvalue weighted by Crippen LogP contribution is 2.35. The summed E-state index contributed by atoms with van der Waals surface area (Å²) in [4.78, 5) is 23.9. The molecule has 0 bridgehead atoms. The van der Waals surface area contributed by atoms with E-state index in [2.05, 4.69) is 28.4 Å². The van der Waals surface area contributed by atoms with E-state index in [-0.39, 0.29) is 31.2 Å². The number of anilines is 2. The minimum Gasteiger partial charge on any atom is -0.340 e. The van der Waals surface area contributed by atoms with Crippen LogP contribution in [0.3, 0.4) is 0 Å². The molecular weight excluding hydrogens is 482 g/mol. The second kappa shape index (κ2) is 10.6. The number of rotatable bonds is 7. The zero-order chi connectivity index (χ0) is 25.9. The number of hydrogen-bond donors (Lipinski definition) is 1. The molecule has 0 spiro atoms. The van der Waals surface area contributed by atoms with Crippen LogP contribution < -0.4 is 10.2 Å². The van der Waals surface area contributed by atoms with E-state index < -0.39 is 11.8 Å². The number of aromatic nitrogens is 2. The highest BCUT2D eigenvalue weighted by Gasteiger charge is 2.43. The Morgan fingerprint density at radius 1 is 1.19 bits per heavy atom. The van der Waals surface area contributed by atoms with Crippen LogP contribution in [0.4, 0.5) is 20.5 Å². The zero-order valence-electron chi connectivity index (χ0n) is 20.0. The van der Waals surface area contributed by atoms with Crippen molar-refractivity contribution >= 4 is 29.3 Å². The van der Waals surface area contributed by atoms with Crippen LogP contribution in [0.15, 0.2) is 73.8 Å². The molecule has 1 aliphatic heterocycles. The van der Waals surface area contributed by atoms with E-state index in [1.54, 1.807) is 36.1 Å². The second-order valence-electron chi connectivity index (χ2n) is 8.83. The summed E-state index contributed by atoms with van der Waals surface area (Å²) < 4.78 is 28.3. The Hall–Kier alpha value is -3.58. The lowest BCUT2D eigenvalue weighted by atomic mass is 9.94. The molecule has 1 aromatic heterocycles. The fraction of sp³-hybridized carbons (Fsp3) is 0.250. The van der Waals surface area contributed by atoms with Gasteiger partial charge in [-0.15, -0.1) is 13.2 Å². The van der Waals surface area contributed by atoms with Crippen LogP contribution in [0.1, 0.15) is 28.0 Å². The van der Waals surface area contributed by atoms with E-state index in [9.17, 15) is 13.6 Å². The predicted molar refractivity (Wildman–Crippen MR) is 141 cm³/mol. The quantitative estimate of drug-likeness (QED) is 0.359. The summed E-state index contributed by atoms with van der Waals surface area (Å²) in [5.41, 5.74) is 3.68. The third-order valence-electron chi connectivity index (χ3n) is 6.20. The van der Waals surface area contributed by atoms with Gasteiger partial charge in [0, 0.05) is 41.9 Å². The van der Waals surface area contributed by atoms with Crippen molar-refractivity contribution in [2.75, 3.05) is 23.3 Å². The van der Waals surface area contributed by atoms with E-state index in [0.29, 0.717) is 27.8 Å². The molecule has 1 unspecified atom stereocenters. The third kappa shape index (κ3) is 5.62. The number of carbonyl (C=O) groups is 1. The van der Waals surface area contributed by atoms with Gasteiger partial charge in [0.05, 0.1) is 5.92 Å². The molecule has 1 saturated heterocycles. The van der Waals surface area contributed by atoms with Crippen LogP contribution >= 0.6 is 11.6 Å². The average Bonchev–Trinajstić information content (AvgIpc) is 2.84. The van der Waals surface area contributed by atoms with Crippen molar-refractivity contribution in [3.8, 4) is 11.1 Å². The molecule has 186 valence electrons. The van der Waals surface area contributed by atoms with Gasteiger partial charge in [-0.05, 0) is 48.2 Å². The first-order valence-corrected chi connectivity index (χ1v) is 12.0. The van der Waals surface area contributed by atoms with E-state index in [4.69, 9.17) is 11.6 Å². The minimum atomic E-state index is -2.81. The van der Waals surface area contributed by atoms with Gasteiger partial charge in [0.25, 0.3) is 11.8 Å².